The molecule has 0 spiro atoms. The number of para-hydroxylation sites is 1. The van der Waals surface area contributed by atoms with E-state index in [-0.39, 0.29) is 6.10 Å². The minimum atomic E-state index is -0.130. The van der Waals surface area contributed by atoms with E-state index in [4.69, 9.17) is 0 Å². The molecule has 4 nitrogen and oxygen atoms in total. The highest BCUT2D eigenvalue weighted by Gasteiger charge is 2.20. The largest absolute Gasteiger partial charge is 0.393 e. The summed E-state index contributed by atoms with van der Waals surface area (Å²) in [6.45, 7) is 0. The van der Waals surface area contributed by atoms with Crippen LogP contribution in [0.3, 0.4) is 0 Å². The van der Waals surface area contributed by atoms with Crippen molar-refractivity contribution in [3.63, 3.8) is 0 Å². The first-order valence-electron chi connectivity index (χ1n) is 6.58. The number of aliphatic hydroxyl groups is 1. The monoisotopic (exact) mass is 321 g/mol. The highest BCUT2D eigenvalue weighted by Crippen LogP contribution is 2.28. The van der Waals surface area contributed by atoms with E-state index in [0.717, 1.165) is 46.9 Å². The lowest BCUT2D eigenvalue weighted by Crippen LogP contribution is -2.28. The van der Waals surface area contributed by atoms with Crippen LogP contribution in [-0.2, 0) is 0 Å². The molecular weight excluding hydrogens is 306 g/mol. The molecule has 0 radical (unpaired) electrons. The number of anilines is 1. The molecule has 100 valence electrons. The van der Waals surface area contributed by atoms with Gasteiger partial charge in [0.2, 0.25) is 0 Å². The zero-order chi connectivity index (χ0) is 13.2. The van der Waals surface area contributed by atoms with Crippen molar-refractivity contribution in [3.8, 4) is 0 Å². The quantitative estimate of drug-likeness (QED) is 0.892. The van der Waals surface area contributed by atoms with E-state index in [0.29, 0.717) is 6.04 Å². The van der Waals surface area contributed by atoms with E-state index in [1.165, 1.54) is 0 Å². The summed E-state index contributed by atoms with van der Waals surface area (Å²) in [7, 11) is 0. The van der Waals surface area contributed by atoms with E-state index in [1.807, 2.05) is 18.2 Å². The molecule has 1 aliphatic rings. The van der Waals surface area contributed by atoms with Gasteiger partial charge in [0, 0.05) is 15.9 Å². The predicted molar refractivity (Wildman–Crippen MR) is 79.1 cm³/mol. The highest BCUT2D eigenvalue weighted by atomic mass is 79.9. The highest BCUT2D eigenvalue weighted by molar-refractivity contribution is 9.10. The third-order valence-electron chi connectivity index (χ3n) is 3.65. The molecule has 0 unspecified atom stereocenters. The third kappa shape index (κ3) is 2.72. The second-order valence-electron chi connectivity index (χ2n) is 5.01. The Labute approximate surface area is 120 Å². The Morgan fingerprint density at radius 3 is 2.74 bits per heavy atom. The van der Waals surface area contributed by atoms with Crippen molar-refractivity contribution in [3.05, 3.63) is 29.0 Å². The predicted octanol–water partition coefficient (Wildman–Crippen LogP) is 3.11. The van der Waals surface area contributed by atoms with E-state index < -0.39 is 0 Å². The number of halogens is 1. The van der Waals surface area contributed by atoms with E-state index in [2.05, 4.69) is 31.2 Å². The Bertz CT molecular complexity index is 582. The first kappa shape index (κ1) is 12.8. The Kier molecular flexibility index (Phi) is 3.66. The Balaban J connectivity index is 1.87. The Morgan fingerprint density at radius 2 is 1.95 bits per heavy atom. The van der Waals surface area contributed by atoms with Crippen LogP contribution in [0.1, 0.15) is 25.7 Å². The first-order chi connectivity index (χ1) is 9.24. The van der Waals surface area contributed by atoms with Gasteiger partial charge in [0.25, 0.3) is 0 Å². The van der Waals surface area contributed by atoms with Crippen LogP contribution in [0.5, 0.6) is 0 Å². The van der Waals surface area contributed by atoms with Gasteiger partial charge in [-0.05, 0) is 53.7 Å². The van der Waals surface area contributed by atoms with Crippen molar-refractivity contribution in [2.45, 2.75) is 37.8 Å². The number of benzene rings is 1. The number of rotatable bonds is 2. The smallest absolute Gasteiger partial charge is 0.137 e. The van der Waals surface area contributed by atoms with Crippen LogP contribution in [-0.4, -0.2) is 27.2 Å². The summed E-state index contributed by atoms with van der Waals surface area (Å²) in [5.74, 6) is 0.882. The number of nitrogens with zero attached hydrogens (tertiary/aromatic N) is 2. The summed E-state index contributed by atoms with van der Waals surface area (Å²) in [6.07, 6.45) is 5.16. The maximum absolute atomic E-state index is 9.54. The molecule has 0 saturated heterocycles. The lowest BCUT2D eigenvalue weighted by atomic mass is 9.93. The number of hydrogen-bond acceptors (Lipinski definition) is 4. The fourth-order valence-corrected chi connectivity index (χ4v) is 3.05. The van der Waals surface area contributed by atoms with Gasteiger partial charge in [-0.1, -0.05) is 6.07 Å². The first-order valence-corrected chi connectivity index (χ1v) is 7.37. The van der Waals surface area contributed by atoms with Gasteiger partial charge < -0.3 is 10.4 Å². The second-order valence-corrected chi connectivity index (χ2v) is 5.86. The van der Waals surface area contributed by atoms with Gasteiger partial charge in [0.1, 0.15) is 12.1 Å². The number of nitrogens with one attached hydrogen (secondary N) is 1. The molecule has 1 aromatic heterocycles. The molecule has 0 atom stereocenters. The molecule has 5 heteroatoms. The maximum atomic E-state index is 9.54. The molecule has 1 heterocycles. The number of hydrogen-bond donors (Lipinski definition) is 2. The number of aliphatic hydroxyl groups excluding tert-OH is 1. The van der Waals surface area contributed by atoms with Crippen LogP contribution in [0.4, 0.5) is 5.82 Å². The maximum Gasteiger partial charge on any atom is 0.137 e. The van der Waals surface area contributed by atoms with Crippen molar-refractivity contribution >= 4 is 32.7 Å². The Morgan fingerprint density at radius 1 is 1.16 bits per heavy atom. The summed E-state index contributed by atoms with van der Waals surface area (Å²) < 4.78 is 0.981. The fourth-order valence-electron chi connectivity index (χ4n) is 2.58. The molecule has 2 N–H and O–H groups in total. The molecule has 0 aliphatic heterocycles. The number of fused-ring (bicyclic) bond motifs is 1. The van der Waals surface area contributed by atoms with Gasteiger partial charge in [0.15, 0.2) is 0 Å². The van der Waals surface area contributed by atoms with Crippen LogP contribution >= 0.6 is 15.9 Å². The van der Waals surface area contributed by atoms with Crippen molar-refractivity contribution in [1.29, 1.82) is 0 Å². The summed E-state index contributed by atoms with van der Waals surface area (Å²) in [4.78, 5) is 8.66. The molecule has 19 heavy (non-hydrogen) atoms. The zero-order valence-corrected chi connectivity index (χ0v) is 12.1. The van der Waals surface area contributed by atoms with Crippen LogP contribution in [0, 0.1) is 0 Å². The normalized spacial score (nSPS) is 23.5. The summed E-state index contributed by atoms with van der Waals surface area (Å²) in [6, 6.07) is 6.39. The van der Waals surface area contributed by atoms with Crippen molar-refractivity contribution in [2.24, 2.45) is 0 Å². The van der Waals surface area contributed by atoms with E-state index >= 15 is 0 Å². The molecule has 2 aromatic rings. The van der Waals surface area contributed by atoms with Crippen molar-refractivity contribution < 1.29 is 5.11 Å². The molecule has 0 amide bonds. The van der Waals surface area contributed by atoms with Gasteiger partial charge in [-0.15, -0.1) is 0 Å². The molecule has 1 aliphatic carbocycles. The Hall–Kier alpha value is -1.20. The fraction of sp³-hybridized carbons (Fsp3) is 0.429. The standard InChI is InChI=1S/C14H16BrN3O/c15-12-3-1-2-11-13(12)16-8-17-14(11)18-9-4-6-10(19)7-5-9/h1-3,8-10,19H,4-7H2,(H,16,17,18). The molecule has 0 bridgehead atoms. The van der Waals surface area contributed by atoms with Crippen LogP contribution in [0.25, 0.3) is 10.9 Å². The van der Waals surface area contributed by atoms with Gasteiger partial charge in [0.05, 0.1) is 11.6 Å². The molecular formula is C14H16BrN3O. The molecule has 1 aromatic carbocycles. The third-order valence-corrected chi connectivity index (χ3v) is 4.29. The van der Waals surface area contributed by atoms with Gasteiger partial charge >= 0.3 is 0 Å². The van der Waals surface area contributed by atoms with E-state index in [1.54, 1.807) is 6.33 Å². The summed E-state index contributed by atoms with van der Waals surface area (Å²) in [5, 5.41) is 14.1. The topological polar surface area (TPSA) is 58.0 Å². The lowest BCUT2D eigenvalue weighted by Gasteiger charge is -2.26. The minimum Gasteiger partial charge on any atom is -0.393 e. The summed E-state index contributed by atoms with van der Waals surface area (Å²) in [5.41, 5.74) is 0.927. The van der Waals surface area contributed by atoms with Gasteiger partial charge in [-0.3, -0.25) is 0 Å². The second kappa shape index (κ2) is 5.43. The van der Waals surface area contributed by atoms with Crippen LogP contribution < -0.4 is 5.32 Å². The molecule has 3 rings (SSSR count). The number of aromatic nitrogens is 2. The minimum absolute atomic E-state index is 0.130. The average molecular weight is 322 g/mol. The SMILES string of the molecule is OC1CCC(Nc2ncnc3c(Br)cccc23)CC1. The van der Waals surface area contributed by atoms with Crippen molar-refractivity contribution in [2.75, 3.05) is 5.32 Å². The van der Waals surface area contributed by atoms with Crippen LogP contribution in [0.2, 0.25) is 0 Å². The zero-order valence-electron chi connectivity index (χ0n) is 10.5. The molecule has 1 fully saturated rings. The lowest BCUT2D eigenvalue weighted by molar-refractivity contribution is 0.126. The average Bonchev–Trinajstić information content (AvgIpc) is 2.43. The van der Waals surface area contributed by atoms with Gasteiger partial charge in [-0.25, -0.2) is 9.97 Å². The summed E-state index contributed by atoms with van der Waals surface area (Å²) >= 11 is 3.51. The van der Waals surface area contributed by atoms with Crippen molar-refractivity contribution in [1.82, 2.24) is 9.97 Å². The van der Waals surface area contributed by atoms with E-state index in [9.17, 15) is 5.11 Å². The van der Waals surface area contributed by atoms with Gasteiger partial charge in [-0.2, -0.15) is 0 Å². The van der Waals surface area contributed by atoms with Crippen LogP contribution in [0.15, 0.2) is 29.0 Å². The molecule has 1 saturated carbocycles.